The highest BCUT2D eigenvalue weighted by atomic mass is 32.1. The van der Waals surface area contributed by atoms with Crippen molar-refractivity contribution in [1.82, 2.24) is 19.4 Å². The summed E-state index contributed by atoms with van der Waals surface area (Å²) in [5.41, 5.74) is 0.802. The predicted octanol–water partition coefficient (Wildman–Crippen LogP) is 3.27. The van der Waals surface area contributed by atoms with Crippen LogP contribution in [0, 0.1) is 0 Å². The zero-order valence-corrected chi connectivity index (χ0v) is 17.9. The lowest BCUT2D eigenvalue weighted by Gasteiger charge is -2.28. The van der Waals surface area contributed by atoms with E-state index >= 15 is 0 Å². The molecular formula is C21H24N4O2S2. The van der Waals surface area contributed by atoms with Crippen LogP contribution < -0.4 is 5.56 Å². The summed E-state index contributed by atoms with van der Waals surface area (Å²) in [5.74, 6) is 0.0304. The molecule has 3 aromatic rings. The molecule has 1 amide bonds. The molecule has 6 nitrogen and oxygen atoms in total. The summed E-state index contributed by atoms with van der Waals surface area (Å²) in [6.07, 6.45) is 6.15. The van der Waals surface area contributed by atoms with Gasteiger partial charge < -0.3 is 9.80 Å². The lowest BCUT2D eigenvalue weighted by atomic mass is 10.2. The Hall–Kier alpha value is -2.03. The molecule has 5 heterocycles. The van der Waals surface area contributed by atoms with E-state index in [0.717, 1.165) is 54.3 Å². The summed E-state index contributed by atoms with van der Waals surface area (Å²) < 4.78 is 1.49. The first kappa shape index (κ1) is 19.0. The Morgan fingerprint density at radius 3 is 2.83 bits per heavy atom. The van der Waals surface area contributed by atoms with Crippen LogP contribution in [0.1, 0.15) is 25.7 Å². The van der Waals surface area contributed by atoms with Gasteiger partial charge in [0.1, 0.15) is 11.4 Å². The maximum atomic E-state index is 13.2. The molecule has 5 rings (SSSR count). The van der Waals surface area contributed by atoms with Crippen LogP contribution in [-0.2, 0) is 11.3 Å². The lowest BCUT2D eigenvalue weighted by molar-refractivity contribution is -0.133. The van der Waals surface area contributed by atoms with E-state index in [1.807, 2.05) is 27.8 Å². The van der Waals surface area contributed by atoms with Crippen LogP contribution in [0.25, 0.3) is 20.7 Å². The first-order valence-electron chi connectivity index (χ1n) is 10.2. The molecule has 0 bridgehead atoms. The molecule has 8 heteroatoms. The van der Waals surface area contributed by atoms with Crippen molar-refractivity contribution < 1.29 is 4.79 Å². The summed E-state index contributed by atoms with van der Waals surface area (Å²) in [4.78, 5) is 36.9. The smallest absolute Gasteiger partial charge is 0.263 e. The van der Waals surface area contributed by atoms with Gasteiger partial charge in [-0.1, -0.05) is 6.07 Å². The minimum atomic E-state index is -0.122. The van der Waals surface area contributed by atoms with E-state index in [-0.39, 0.29) is 24.1 Å². The maximum absolute atomic E-state index is 13.2. The van der Waals surface area contributed by atoms with Crippen LogP contribution in [-0.4, -0.2) is 57.5 Å². The van der Waals surface area contributed by atoms with Crippen LogP contribution in [0.2, 0.25) is 0 Å². The van der Waals surface area contributed by atoms with Crippen molar-refractivity contribution in [2.24, 2.45) is 0 Å². The van der Waals surface area contributed by atoms with Gasteiger partial charge >= 0.3 is 0 Å². The lowest BCUT2D eigenvalue weighted by Crippen LogP contribution is -2.44. The normalized spacial score (nSPS) is 20.1. The van der Waals surface area contributed by atoms with Crippen molar-refractivity contribution in [3.8, 4) is 10.4 Å². The number of rotatable bonds is 5. The number of hydrogen-bond donors (Lipinski definition) is 0. The molecule has 0 aliphatic carbocycles. The van der Waals surface area contributed by atoms with Crippen molar-refractivity contribution in [1.29, 1.82) is 0 Å². The fourth-order valence-corrected chi connectivity index (χ4v) is 6.27. The number of nitrogens with zero attached hydrogens (tertiary/aromatic N) is 4. The molecule has 0 radical (unpaired) electrons. The standard InChI is InChI=1S/C21H24N4O2S2/c26-18(25-9-3-5-15(25)11-23-7-1-2-8-23)12-24-14-22-20-19(21(24)27)16(13-29-20)17-6-4-10-28-17/h4,6,10,13-15H,1-3,5,7-9,11-12H2. The summed E-state index contributed by atoms with van der Waals surface area (Å²) in [5, 5.41) is 4.62. The van der Waals surface area contributed by atoms with Crippen LogP contribution in [0.15, 0.2) is 34.0 Å². The maximum Gasteiger partial charge on any atom is 0.263 e. The van der Waals surface area contributed by atoms with Crippen LogP contribution in [0.5, 0.6) is 0 Å². The quantitative estimate of drug-likeness (QED) is 0.626. The van der Waals surface area contributed by atoms with E-state index in [2.05, 4.69) is 9.88 Å². The van der Waals surface area contributed by atoms with E-state index < -0.39 is 0 Å². The predicted molar refractivity (Wildman–Crippen MR) is 118 cm³/mol. The molecule has 1 unspecified atom stereocenters. The average molecular weight is 429 g/mol. The van der Waals surface area contributed by atoms with Gasteiger partial charge in [-0.05, 0) is 50.2 Å². The van der Waals surface area contributed by atoms with Crippen molar-refractivity contribution in [3.63, 3.8) is 0 Å². The van der Waals surface area contributed by atoms with Gasteiger partial charge in [0.2, 0.25) is 5.91 Å². The number of hydrogen-bond acceptors (Lipinski definition) is 6. The Morgan fingerprint density at radius 2 is 2.03 bits per heavy atom. The summed E-state index contributed by atoms with van der Waals surface area (Å²) in [6, 6.07) is 4.27. The molecule has 0 spiro atoms. The van der Waals surface area contributed by atoms with Crippen LogP contribution in [0.4, 0.5) is 0 Å². The largest absolute Gasteiger partial charge is 0.337 e. The minimum Gasteiger partial charge on any atom is -0.337 e. The van der Waals surface area contributed by atoms with Gasteiger partial charge in [0, 0.05) is 35.0 Å². The fraction of sp³-hybridized carbons (Fsp3) is 0.476. The molecule has 0 saturated carbocycles. The first-order chi connectivity index (χ1) is 14.2. The molecule has 2 saturated heterocycles. The Kier molecular flexibility index (Phi) is 5.24. The number of thiophene rings is 2. The van der Waals surface area contributed by atoms with E-state index in [1.54, 1.807) is 11.3 Å². The molecule has 2 fully saturated rings. The van der Waals surface area contributed by atoms with Gasteiger partial charge in [0.25, 0.3) is 5.56 Å². The van der Waals surface area contributed by atoms with Crippen molar-refractivity contribution in [2.75, 3.05) is 26.2 Å². The van der Waals surface area contributed by atoms with Gasteiger partial charge in [-0.2, -0.15) is 0 Å². The van der Waals surface area contributed by atoms with Crippen molar-refractivity contribution in [2.45, 2.75) is 38.3 Å². The molecule has 2 aliphatic heterocycles. The topological polar surface area (TPSA) is 58.4 Å². The van der Waals surface area contributed by atoms with E-state index in [9.17, 15) is 9.59 Å². The van der Waals surface area contributed by atoms with Gasteiger partial charge in [0.05, 0.1) is 11.7 Å². The van der Waals surface area contributed by atoms with E-state index in [1.165, 1.54) is 35.1 Å². The molecule has 3 aromatic heterocycles. The third-order valence-electron chi connectivity index (χ3n) is 6.02. The highest BCUT2D eigenvalue weighted by molar-refractivity contribution is 7.18. The third-order valence-corrected chi connectivity index (χ3v) is 7.81. The summed E-state index contributed by atoms with van der Waals surface area (Å²) in [7, 11) is 0. The molecule has 2 aliphatic rings. The molecule has 152 valence electrons. The minimum absolute atomic E-state index is 0.0304. The van der Waals surface area contributed by atoms with Crippen molar-refractivity contribution >= 4 is 38.8 Å². The number of aromatic nitrogens is 2. The summed E-state index contributed by atoms with van der Waals surface area (Å²) >= 11 is 3.09. The number of amides is 1. The third kappa shape index (κ3) is 3.65. The van der Waals surface area contributed by atoms with E-state index in [0.29, 0.717) is 5.39 Å². The molecule has 0 aromatic carbocycles. The van der Waals surface area contributed by atoms with Gasteiger partial charge in [-0.15, -0.1) is 22.7 Å². The number of carbonyl (C=O) groups is 1. The second kappa shape index (κ2) is 8.01. The monoisotopic (exact) mass is 428 g/mol. The van der Waals surface area contributed by atoms with E-state index in [4.69, 9.17) is 0 Å². The van der Waals surface area contributed by atoms with Gasteiger partial charge in [-0.3, -0.25) is 14.2 Å². The molecule has 29 heavy (non-hydrogen) atoms. The SMILES string of the molecule is O=C(Cn1cnc2scc(-c3cccs3)c2c1=O)N1CCCC1CN1CCCC1. The number of fused-ring (bicyclic) bond motifs is 1. The Bertz CT molecular complexity index is 1070. The zero-order chi connectivity index (χ0) is 19.8. The Morgan fingerprint density at radius 1 is 1.17 bits per heavy atom. The van der Waals surface area contributed by atoms with Crippen molar-refractivity contribution in [3.05, 3.63) is 39.6 Å². The molecular weight excluding hydrogens is 404 g/mol. The number of likely N-dealkylation sites (tertiary alicyclic amines) is 2. The average Bonchev–Trinajstić information content (AvgIpc) is 3.51. The number of carbonyl (C=O) groups excluding carboxylic acids is 1. The van der Waals surface area contributed by atoms with Gasteiger partial charge in [-0.25, -0.2) is 4.98 Å². The zero-order valence-electron chi connectivity index (χ0n) is 16.2. The second-order valence-electron chi connectivity index (χ2n) is 7.88. The highest BCUT2D eigenvalue weighted by Crippen LogP contribution is 2.33. The van der Waals surface area contributed by atoms with Gasteiger partial charge in [0.15, 0.2) is 0 Å². The molecule has 0 N–H and O–H groups in total. The second-order valence-corrected chi connectivity index (χ2v) is 9.68. The molecule has 1 atom stereocenters. The highest BCUT2D eigenvalue weighted by Gasteiger charge is 2.31. The van der Waals surface area contributed by atoms with Crippen LogP contribution in [0.3, 0.4) is 0 Å². The Labute approximate surface area is 177 Å². The van der Waals surface area contributed by atoms with Crippen LogP contribution >= 0.6 is 22.7 Å². The first-order valence-corrected chi connectivity index (χ1v) is 12.0. The fourth-order valence-electron chi connectivity index (χ4n) is 4.55. The Balaban J connectivity index is 1.38. The summed E-state index contributed by atoms with van der Waals surface area (Å²) in [6.45, 7) is 4.11.